The molecule has 1 saturated carbocycles. The van der Waals surface area contributed by atoms with Crippen molar-refractivity contribution < 1.29 is 22.7 Å². The smallest absolute Gasteiger partial charge is 0.348 e. The van der Waals surface area contributed by atoms with E-state index in [1.54, 1.807) is 13.1 Å². The number of sulfonamides is 1. The van der Waals surface area contributed by atoms with Crippen LogP contribution in [0.3, 0.4) is 0 Å². The fraction of sp³-hybridized carbons (Fsp3) is 0.346. The Labute approximate surface area is 219 Å². The van der Waals surface area contributed by atoms with Gasteiger partial charge in [-0.05, 0) is 49.1 Å². The summed E-state index contributed by atoms with van der Waals surface area (Å²) >= 11 is 7.39. The van der Waals surface area contributed by atoms with Gasteiger partial charge in [-0.15, -0.1) is 11.3 Å². The zero-order valence-electron chi connectivity index (χ0n) is 19.7. The minimum Gasteiger partial charge on any atom is -0.477 e. The van der Waals surface area contributed by atoms with E-state index >= 15 is 0 Å². The molecule has 0 amide bonds. The van der Waals surface area contributed by atoms with Gasteiger partial charge in [0.2, 0.25) is 10.0 Å². The lowest BCUT2D eigenvalue weighted by Crippen LogP contribution is -2.46. The Kier molecular flexibility index (Phi) is 6.84. The topological polar surface area (TPSA) is 77.9 Å². The number of rotatable bonds is 4. The number of likely N-dealkylation sites (N-methyl/N-ethyl adjacent to an activating group) is 1. The molecule has 0 bridgehead atoms. The van der Waals surface area contributed by atoms with Crippen LogP contribution in [0.4, 0.5) is 15.8 Å². The zero-order chi connectivity index (χ0) is 25.6. The maximum Gasteiger partial charge on any atom is 0.348 e. The Morgan fingerprint density at radius 2 is 1.81 bits per heavy atom. The molecule has 10 heteroatoms. The molecule has 36 heavy (non-hydrogen) atoms. The highest BCUT2D eigenvalue weighted by Crippen LogP contribution is 2.45. The van der Waals surface area contributed by atoms with Crippen LogP contribution < -0.4 is 4.90 Å². The van der Waals surface area contributed by atoms with Crippen LogP contribution in [0, 0.1) is 11.7 Å². The van der Waals surface area contributed by atoms with Gasteiger partial charge < -0.3 is 10.0 Å². The van der Waals surface area contributed by atoms with E-state index < -0.39 is 26.7 Å². The molecule has 1 aliphatic carbocycles. The SMILES string of the molecule is CN1[C@H](C2CCCCC2)CN(c2ccccc2)c2cc(Cl)c(-c3cc(F)c(C(=O)O)s3)cc2S1(=O)=O. The summed E-state index contributed by atoms with van der Waals surface area (Å²) in [4.78, 5) is 13.3. The van der Waals surface area contributed by atoms with Crippen molar-refractivity contribution in [3.63, 3.8) is 0 Å². The average molecular weight is 549 g/mol. The predicted molar refractivity (Wildman–Crippen MR) is 140 cm³/mol. The second-order valence-corrected chi connectivity index (χ2v) is 12.8. The molecule has 1 N–H and O–H groups in total. The van der Waals surface area contributed by atoms with Gasteiger partial charge in [0.15, 0.2) is 0 Å². The molecular formula is C26H26ClFN2O4S2. The highest BCUT2D eigenvalue weighted by molar-refractivity contribution is 7.89. The van der Waals surface area contributed by atoms with Gasteiger partial charge in [-0.1, -0.05) is 49.1 Å². The molecule has 0 spiro atoms. The van der Waals surface area contributed by atoms with Crippen LogP contribution in [0.1, 0.15) is 41.8 Å². The first kappa shape index (κ1) is 25.2. The number of carbonyl (C=O) groups is 1. The van der Waals surface area contributed by atoms with Crippen molar-refractivity contribution in [1.29, 1.82) is 0 Å². The van der Waals surface area contributed by atoms with Gasteiger partial charge in [0.05, 0.1) is 10.7 Å². The number of anilines is 2. The van der Waals surface area contributed by atoms with Crippen LogP contribution in [-0.2, 0) is 10.0 Å². The van der Waals surface area contributed by atoms with Gasteiger partial charge in [-0.2, -0.15) is 4.31 Å². The molecule has 3 aromatic rings. The van der Waals surface area contributed by atoms with Crippen LogP contribution in [-0.4, -0.2) is 43.4 Å². The monoisotopic (exact) mass is 548 g/mol. The zero-order valence-corrected chi connectivity index (χ0v) is 22.0. The summed E-state index contributed by atoms with van der Waals surface area (Å²) in [5.74, 6) is -2.03. The van der Waals surface area contributed by atoms with E-state index in [1.807, 2.05) is 35.2 Å². The molecule has 0 saturated heterocycles. The standard InChI is InChI=1S/C26H26ClFN2O4S2/c1-29-22(16-8-4-2-5-9-16)15-30(17-10-6-3-7-11-17)21-13-19(27)18(12-24(21)36(29,33)34)23-14-20(28)25(35-23)26(31)32/h3,6-7,10-14,16,22H,2,4-5,8-9,15H2,1H3,(H,31,32)/t22-/m0/s1. The van der Waals surface area contributed by atoms with Crippen molar-refractivity contribution in [2.75, 3.05) is 18.5 Å². The Morgan fingerprint density at radius 1 is 1.11 bits per heavy atom. The summed E-state index contributed by atoms with van der Waals surface area (Å²) < 4.78 is 43.8. The van der Waals surface area contributed by atoms with Gasteiger partial charge in [0.25, 0.3) is 0 Å². The van der Waals surface area contributed by atoms with Crippen LogP contribution in [0.25, 0.3) is 10.4 Å². The molecule has 6 nitrogen and oxygen atoms in total. The Balaban J connectivity index is 1.70. The molecule has 1 fully saturated rings. The van der Waals surface area contributed by atoms with E-state index in [9.17, 15) is 22.7 Å². The summed E-state index contributed by atoms with van der Waals surface area (Å²) in [6.07, 6.45) is 5.28. The number of hydrogen-bond acceptors (Lipinski definition) is 5. The fourth-order valence-corrected chi connectivity index (χ4v) is 8.17. The third-order valence-electron chi connectivity index (χ3n) is 7.24. The number of nitrogens with zero attached hydrogens (tertiary/aromatic N) is 2. The van der Waals surface area contributed by atoms with Crippen molar-refractivity contribution in [3.05, 3.63) is 64.2 Å². The van der Waals surface area contributed by atoms with Crippen LogP contribution in [0.15, 0.2) is 53.4 Å². The van der Waals surface area contributed by atoms with Crippen LogP contribution in [0.5, 0.6) is 0 Å². The van der Waals surface area contributed by atoms with E-state index in [-0.39, 0.29) is 32.3 Å². The number of halogens is 2. The number of carboxylic acids is 1. The second kappa shape index (κ2) is 9.78. The Morgan fingerprint density at radius 3 is 2.44 bits per heavy atom. The third-order valence-corrected chi connectivity index (χ3v) is 10.6. The number of benzene rings is 2. The van der Waals surface area contributed by atoms with Crippen LogP contribution >= 0.6 is 22.9 Å². The average Bonchev–Trinajstić information content (AvgIpc) is 3.23. The number of hydrogen-bond donors (Lipinski definition) is 1. The fourth-order valence-electron chi connectivity index (χ4n) is 5.35. The number of fused-ring (bicyclic) bond motifs is 1. The van der Waals surface area contributed by atoms with E-state index in [0.29, 0.717) is 12.2 Å². The quantitative estimate of drug-likeness (QED) is 0.396. The van der Waals surface area contributed by atoms with Gasteiger partial charge >= 0.3 is 5.97 Å². The lowest BCUT2D eigenvalue weighted by Gasteiger charge is -2.36. The Hall–Kier alpha value is -2.46. The van der Waals surface area contributed by atoms with Crippen molar-refractivity contribution in [3.8, 4) is 10.4 Å². The third kappa shape index (κ3) is 4.42. The summed E-state index contributed by atoms with van der Waals surface area (Å²) in [5.41, 5.74) is 1.59. The molecule has 0 radical (unpaired) electrons. The van der Waals surface area contributed by atoms with E-state index in [4.69, 9.17) is 11.6 Å². The molecule has 190 valence electrons. The van der Waals surface area contributed by atoms with Crippen LogP contribution in [0.2, 0.25) is 5.02 Å². The maximum atomic E-state index is 14.3. The number of thiophene rings is 1. The van der Waals surface area contributed by atoms with Gasteiger partial charge in [0, 0.05) is 35.8 Å². The first-order chi connectivity index (χ1) is 17.2. The molecule has 0 unspecified atom stereocenters. The number of para-hydroxylation sites is 1. The first-order valence-electron chi connectivity index (χ1n) is 11.9. The lowest BCUT2D eigenvalue weighted by molar-refractivity contribution is 0.0697. The molecule has 2 aromatic carbocycles. The van der Waals surface area contributed by atoms with E-state index in [1.165, 1.54) is 10.4 Å². The molecular weight excluding hydrogens is 523 g/mol. The summed E-state index contributed by atoms with van der Waals surface area (Å²) in [7, 11) is -2.30. The van der Waals surface area contributed by atoms with Crippen molar-refractivity contribution >= 4 is 50.3 Å². The second-order valence-electron chi connectivity index (χ2n) is 9.33. The highest BCUT2D eigenvalue weighted by Gasteiger charge is 2.41. The minimum atomic E-state index is -3.94. The van der Waals surface area contributed by atoms with E-state index in [0.717, 1.165) is 55.2 Å². The van der Waals surface area contributed by atoms with Crippen molar-refractivity contribution in [1.82, 2.24) is 4.31 Å². The molecule has 5 rings (SSSR count). The summed E-state index contributed by atoms with van der Waals surface area (Å²) in [6, 6.07) is 13.5. The predicted octanol–water partition coefficient (Wildman–Crippen LogP) is 6.63. The van der Waals surface area contributed by atoms with E-state index in [2.05, 4.69) is 0 Å². The minimum absolute atomic E-state index is 0.0669. The normalized spacial score (nSPS) is 20.6. The molecule has 1 aliphatic heterocycles. The Bertz CT molecular complexity index is 1400. The first-order valence-corrected chi connectivity index (χ1v) is 14.5. The van der Waals surface area contributed by atoms with Crippen molar-refractivity contribution in [2.45, 2.75) is 43.0 Å². The van der Waals surface area contributed by atoms with Crippen molar-refractivity contribution in [2.24, 2.45) is 5.92 Å². The molecule has 1 atom stereocenters. The van der Waals surface area contributed by atoms with Gasteiger partial charge in [0.1, 0.15) is 15.6 Å². The maximum absolute atomic E-state index is 14.3. The number of aromatic carboxylic acids is 1. The van der Waals surface area contributed by atoms with Gasteiger partial charge in [-0.25, -0.2) is 17.6 Å². The molecule has 1 aromatic heterocycles. The summed E-state index contributed by atoms with van der Waals surface area (Å²) in [6.45, 7) is 0.476. The molecule has 2 heterocycles. The number of carboxylic acid groups (broad SMARTS) is 1. The van der Waals surface area contributed by atoms with Gasteiger partial charge in [-0.3, -0.25) is 0 Å². The highest BCUT2D eigenvalue weighted by atomic mass is 35.5. The largest absolute Gasteiger partial charge is 0.477 e. The molecule has 2 aliphatic rings. The summed E-state index contributed by atoms with van der Waals surface area (Å²) in [5, 5.41) is 9.51. The lowest BCUT2D eigenvalue weighted by atomic mass is 9.83.